The number of rotatable bonds is 3. The molecule has 102 valence electrons. The van der Waals surface area contributed by atoms with Crippen LogP contribution >= 0.6 is 0 Å². The molecule has 0 aliphatic heterocycles. The Balaban J connectivity index is 1.67. The van der Waals surface area contributed by atoms with Crippen molar-refractivity contribution in [1.29, 1.82) is 0 Å². The van der Waals surface area contributed by atoms with E-state index < -0.39 is 0 Å². The summed E-state index contributed by atoms with van der Waals surface area (Å²) in [6.45, 7) is 1.23. The van der Waals surface area contributed by atoms with Crippen LogP contribution in [-0.2, 0) is 5.41 Å². The third-order valence-corrected chi connectivity index (χ3v) is 6.20. The fraction of sp³-hybridized carbons (Fsp3) is 0.706. The fourth-order valence-corrected chi connectivity index (χ4v) is 5.76. The summed E-state index contributed by atoms with van der Waals surface area (Å²) >= 11 is 0. The largest absolute Gasteiger partial charge is 0.319 e. The Morgan fingerprint density at radius 1 is 1.16 bits per heavy atom. The maximum absolute atomic E-state index is 4.21. The Hall–Kier alpha value is -0.890. The molecule has 1 aromatic rings. The van der Waals surface area contributed by atoms with Crippen LogP contribution in [0.25, 0.3) is 0 Å². The van der Waals surface area contributed by atoms with E-state index in [-0.39, 0.29) is 0 Å². The van der Waals surface area contributed by atoms with Crippen LogP contribution in [0.3, 0.4) is 0 Å². The molecule has 0 saturated heterocycles. The Morgan fingerprint density at radius 2 is 1.84 bits per heavy atom. The van der Waals surface area contributed by atoms with Crippen molar-refractivity contribution in [1.82, 2.24) is 10.3 Å². The zero-order chi connectivity index (χ0) is 12.9. The lowest BCUT2D eigenvalue weighted by Crippen LogP contribution is -2.54. The predicted molar refractivity (Wildman–Crippen MR) is 76.9 cm³/mol. The normalized spacial score (nSPS) is 43.6. The molecule has 0 radical (unpaired) electrons. The smallest absolute Gasteiger partial charge is 0.0270 e. The van der Waals surface area contributed by atoms with Gasteiger partial charge < -0.3 is 5.32 Å². The second kappa shape index (κ2) is 4.31. The summed E-state index contributed by atoms with van der Waals surface area (Å²) in [6, 6.07) is 4.56. The van der Waals surface area contributed by atoms with Gasteiger partial charge in [0.05, 0.1) is 0 Å². The molecular formula is C17H24N2. The highest BCUT2D eigenvalue weighted by Crippen LogP contribution is 2.62. The van der Waals surface area contributed by atoms with E-state index in [4.69, 9.17) is 0 Å². The summed E-state index contributed by atoms with van der Waals surface area (Å²) < 4.78 is 0. The molecular weight excluding hydrogens is 232 g/mol. The van der Waals surface area contributed by atoms with Crippen molar-refractivity contribution >= 4 is 0 Å². The van der Waals surface area contributed by atoms with E-state index in [2.05, 4.69) is 29.5 Å². The lowest BCUT2D eigenvalue weighted by molar-refractivity contribution is -0.0547. The van der Waals surface area contributed by atoms with E-state index in [0.29, 0.717) is 5.41 Å². The van der Waals surface area contributed by atoms with E-state index in [1.54, 1.807) is 5.56 Å². The molecule has 4 bridgehead atoms. The molecule has 5 rings (SSSR count). The van der Waals surface area contributed by atoms with Gasteiger partial charge in [0, 0.05) is 12.4 Å². The number of aromatic nitrogens is 1. The summed E-state index contributed by atoms with van der Waals surface area (Å²) in [7, 11) is 2.11. The van der Waals surface area contributed by atoms with Crippen molar-refractivity contribution in [2.75, 3.05) is 13.6 Å². The van der Waals surface area contributed by atoms with Crippen LogP contribution in [0, 0.1) is 23.7 Å². The van der Waals surface area contributed by atoms with Gasteiger partial charge in [-0.15, -0.1) is 0 Å². The Morgan fingerprint density at radius 3 is 2.47 bits per heavy atom. The van der Waals surface area contributed by atoms with Crippen LogP contribution in [0.2, 0.25) is 0 Å². The quantitative estimate of drug-likeness (QED) is 0.899. The third-order valence-electron chi connectivity index (χ3n) is 6.20. The molecule has 2 nitrogen and oxygen atoms in total. The van der Waals surface area contributed by atoms with Crippen LogP contribution in [0.1, 0.15) is 37.7 Å². The number of hydrogen-bond acceptors (Lipinski definition) is 2. The minimum Gasteiger partial charge on any atom is -0.319 e. The highest BCUT2D eigenvalue weighted by molar-refractivity contribution is 5.27. The molecule has 4 saturated carbocycles. The molecule has 2 heteroatoms. The van der Waals surface area contributed by atoms with Gasteiger partial charge in [0.15, 0.2) is 0 Å². The van der Waals surface area contributed by atoms with Gasteiger partial charge in [-0.2, -0.15) is 0 Å². The number of pyridine rings is 1. The lowest BCUT2D eigenvalue weighted by atomic mass is 9.45. The maximum Gasteiger partial charge on any atom is 0.0270 e. The van der Waals surface area contributed by atoms with Gasteiger partial charge in [0.25, 0.3) is 0 Å². The summed E-state index contributed by atoms with van der Waals surface area (Å²) in [5.41, 5.74) is 2.08. The average Bonchev–Trinajstić information content (AvgIpc) is 2.43. The minimum absolute atomic E-state index is 0.504. The highest BCUT2D eigenvalue weighted by Gasteiger charge is 2.55. The molecule has 1 aromatic heterocycles. The van der Waals surface area contributed by atoms with Gasteiger partial charge in [-0.05, 0) is 92.5 Å². The first kappa shape index (κ1) is 11.9. The van der Waals surface area contributed by atoms with E-state index in [1.165, 1.54) is 38.6 Å². The van der Waals surface area contributed by atoms with Gasteiger partial charge in [-0.25, -0.2) is 0 Å². The topological polar surface area (TPSA) is 24.9 Å². The monoisotopic (exact) mass is 256 g/mol. The molecule has 0 spiro atoms. The Bertz CT molecular complexity index is 440. The molecule has 0 aromatic carbocycles. The van der Waals surface area contributed by atoms with Gasteiger partial charge in [-0.1, -0.05) is 0 Å². The van der Waals surface area contributed by atoms with Crippen LogP contribution in [-0.4, -0.2) is 18.6 Å². The molecule has 2 atom stereocenters. The van der Waals surface area contributed by atoms with Crippen LogP contribution < -0.4 is 5.32 Å². The minimum atomic E-state index is 0.504. The second-order valence-electron chi connectivity index (χ2n) is 7.21. The van der Waals surface area contributed by atoms with Crippen LogP contribution in [0.4, 0.5) is 0 Å². The number of hydrogen-bond donors (Lipinski definition) is 1. The first-order chi connectivity index (χ1) is 9.31. The molecule has 19 heavy (non-hydrogen) atoms. The van der Waals surface area contributed by atoms with Gasteiger partial charge in [0.2, 0.25) is 0 Å². The van der Waals surface area contributed by atoms with Gasteiger partial charge >= 0.3 is 0 Å². The van der Waals surface area contributed by atoms with E-state index in [1.807, 2.05) is 12.4 Å². The molecule has 1 N–H and O–H groups in total. The summed E-state index contributed by atoms with van der Waals surface area (Å²) in [4.78, 5) is 4.21. The lowest BCUT2D eigenvalue weighted by Gasteiger charge is -2.60. The van der Waals surface area contributed by atoms with Crippen LogP contribution in [0.5, 0.6) is 0 Å². The Kier molecular flexibility index (Phi) is 2.70. The third kappa shape index (κ3) is 1.76. The fourth-order valence-electron chi connectivity index (χ4n) is 5.76. The molecule has 1 heterocycles. The molecule has 2 unspecified atom stereocenters. The van der Waals surface area contributed by atoms with E-state index in [0.717, 1.165) is 23.7 Å². The van der Waals surface area contributed by atoms with Crippen LogP contribution in [0.15, 0.2) is 24.5 Å². The standard InChI is InChI=1S/C17H24N2/c1-18-11-16-13-6-12-7-14(16)10-17(8-12,9-13)15-2-4-19-5-3-15/h2-5,12-14,16,18H,6-11H2,1H3. The zero-order valence-electron chi connectivity index (χ0n) is 11.8. The first-order valence-electron chi connectivity index (χ1n) is 7.86. The van der Waals surface area contributed by atoms with Crippen molar-refractivity contribution in [3.8, 4) is 0 Å². The van der Waals surface area contributed by atoms with Crippen molar-refractivity contribution in [3.05, 3.63) is 30.1 Å². The maximum atomic E-state index is 4.21. The van der Waals surface area contributed by atoms with Crippen molar-refractivity contribution < 1.29 is 0 Å². The predicted octanol–water partition coefficient (Wildman–Crippen LogP) is 2.99. The molecule has 0 amide bonds. The first-order valence-corrected chi connectivity index (χ1v) is 7.86. The summed E-state index contributed by atoms with van der Waals surface area (Å²) in [5.74, 6) is 3.87. The zero-order valence-corrected chi connectivity index (χ0v) is 11.8. The highest BCUT2D eigenvalue weighted by atomic mass is 14.8. The van der Waals surface area contributed by atoms with Crippen molar-refractivity contribution in [3.63, 3.8) is 0 Å². The van der Waals surface area contributed by atoms with Crippen molar-refractivity contribution in [2.45, 2.75) is 37.5 Å². The number of nitrogens with one attached hydrogen (secondary N) is 1. The average molecular weight is 256 g/mol. The molecule has 4 aliphatic carbocycles. The Labute approximate surface area is 116 Å². The van der Waals surface area contributed by atoms with Gasteiger partial charge in [-0.3, -0.25) is 4.98 Å². The second-order valence-corrected chi connectivity index (χ2v) is 7.21. The molecule has 4 fully saturated rings. The summed E-state index contributed by atoms with van der Waals surface area (Å²) in [5, 5.41) is 3.44. The van der Waals surface area contributed by atoms with E-state index in [9.17, 15) is 0 Å². The number of nitrogens with zero attached hydrogens (tertiary/aromatic N) is 1. The SMILES string of the molecule is CNCC1C2CC3CC1CC(c1ccncc1)(C3)C2. The summed E-state index contributed by atoms with van der Waals surface area (Å²) in [6.07, 6.45) is 11.3. The molecule has 4 aliphatic rings. The van der Waals surface area contributed by atoms with Gasteiger partial charge in [0.1, 0.15) is 0 Å². The van der Waals surface area contributed by atoms with E-state index >= 15 is 0 Å². The van der Waals surface area contributed by atoms with Crippen molar-refractivity contribution in [2.24, 2.45) is 23.7 Å².